The molecule has 0 aromatic heterocycles. The van der Waals surface area contributed by atoms with Crippen LogP contribution in [0.2, 0.25) is 0 Å². The average Bonchev–Trinajstić information content (AvgIpc) is 3.36. The molecule has 9 heteroatoms. The normalized spacial score (nSPS) is 19.0. The molecule has 1 saturated heterocycles. The van der Waals surface area contributed by atoms with E-state index in [1.54, 1.807) is 24.1 Å². The van der Waals surface area contributed by atoms with Crippen molar-refractivity contribution in [2.75, 3.05) is 24.4 Å². The molecule has 0 N–H and O–H groups in total. The Bertz CT molecular complexity index is 1100. The minimum Gasteiger partial charge on any atom is -0.300 e. The van der Waals surface area contributed by atoms with Gasteiger partial charge in [0.05, 0.1) is 17.9 Å². The minimum absolute atomic E-state index is 0. The molecule has 2 aromatic rings. The summed E-state index contributed by atoms with van der Waals surface area (Å²) < 4.78 is 43.5. The first-order valence-electron chi connectivity index (χ1n) is 12.6. The van der Waals surface area contributed by atoms with Crippen LogP contribution in [0, 0.1) is 5.82 Å². The highest BCUT2D eigenvalue weighted by Gasteiger charge is 2.33. The number of alkyl halides is 2. The van der Waals surface area contributed by atoms with Crippen molar-refractivity contribution in [1.29, 1.82) is 0 Å². The Kier molecular flexibility index (Phi) is 9.31. The van der Waals surface area contributed by atoms with Crippen LogP contribution >= 0.6 is 11.9 Å². The van der Waals surface area contributed by atoms with Crippen LogP contribution < -0.4 is 5.01 Å². The molecule has 2 heterocycles. The van der Waals surface area contributed by atoms with E-state index in [0.29, 0.717) is 29.4 Å². The van der Waals surface area contributed by atoms with Gasteiger partial charge in [-0.1, -0.05) is 56.1 Å². The summed E-state index contributed by atoms with van der Waals surface area (Å²) in [4.78, 5) is 2.64. The van der Waals surface area contributed by atoms with Gasteiger partial charge in [-0.05, 0) is 50.1 Å². The number of hydrogen-bond donors (Lipinski definition) is 0. The van der Waals surface area contributed by atoms with Crippen LogP contribution in [-0.2, 0) is 6.54 Å². The van der Waals surface area contributed by atoms with E-state index in [2.05, 4.69) is 42.9 Å². The van der Waals surface area contributed by atoms with Crippen molar-refractivity contribution in [2.45, 2.75) is 71.0 Å². The SMILES string of the molecule is C.CSN(C1CCN(C2CCC2)CC1)N(Cc1ccc(C2=NN=C(C(F)F)C2)cc1F)c1ccccc1. The Balaban J connectivity index is 0.00000320. The van der Waals surface area contributed by atoms with Gasteiger partial charge in [-0.2, -0.15) is 14.6 Å². The maximum Gasteiger partial charge on any atom is 0.278 e. The van der Waals surface area contributed by atoms with Gasteiger partial charge in [-0.25, -0.2) is 13.2 Å². The van der Waals surface area contributed by atoms with Crippen molar-refractivity contribution in [3.8, 4) is 0 Å². The highest BCUT2D eigenvalue weighted by Crippen LogP contribution is 2.33. The van der Waals surface area contributed by atoms with E-state index in [9.17, 15) is 8.78 Å². The van der Waals surface area contributed by atoms with E-state index in [-0.39, 0.29) is 25.4 Å². The summed E-state index contributed by atoms with van der Waals surface area (Å²) in [6, 6.07) is 16.1. The zero-order valence-corrected chi connectivity index (χ0v) is 21.3. The molecule has 2 fully saturated rings. The standard InChI is InChI=1S/C27H32F3N5S.CH4/c1-36-35(23-12-14-33(15-13-23)21-8-5-9-21)34(22-6-3-2-4-7-22)18-20-11-10-19(16-24(20)28)25-17-26(27(29)30)32-31-25;/h2-4,6-7,10-11,16,21,23,27H,5,8-9,12-15,17-18H2,1H3;1H4. The monoisotopic (exact) mass is 531 g/mol. The lowest BCUT2D eigenvalue weighted by molar-refractivity contribution is 0.0776. The Morgan fingerprint density at radius 3 is 2.32 bits per heavy atom. The molecule has 5 nitrogen and oxygen atoms in total. The Hall–Kier alpha value is -2.36. The minimum atomic E-state index is -2.65. The summed E-state index contributed by atoms with van der Waals surface area (Å²) in [6.07, 6.45) is 5.53. The summed E-state index contributed by atoms with van der Waals surface area (Å²) >= 11 is 1.67. The molecule has 1 saturated carbocycles. The number of likely N-dealkylation sites (tertiary alicyclic amines) is 1. The van der Waals surface area contributed by atoms with Gasteiger partial charge in [0, 0.05) is 42.7 Å². The Morgan fingerprint density at radius 1 is 1.03 bits per heavy atom. The molecule has 0 radical (unpaired) electrons. The van der Waals surface area contributed by atoms with Crippen molar-refractivity contribution in [3.05, 3.63) is 65.5 Å². The maximum absolute atomic E-state index is 15.3. The largest absolute Gasteiger partial charge is 0.300 e. The third-order valence-corrected chi connectivity index (χ3v) is 8.36. The molecule has 2 aliphatic heterocycles. The molecular formula is C28H36F3N5S. The fourth-order valence-corrected chi connectivity index (χ4v) is 6.07. The number of hydrazine groups is 1. The first kappa shape index (κ1) is 27.7. The molecule has 1 aliphatic carbocycles. The molecule has 0 spiro atoms. The summed E-state index contributed by atoms with van der Waals surface area (Å²) in [5, 5.41) is 9.57. The highest BCUT2D eigenvalue weighted by molar-refractivity contribution is 7.96. The fraction of sp³-hybridized carbons (Fsp3) is 0.500. The number of nitrogens with zero attached hydrogens (tertiary/aromatic N) is 5. The van der Waals surface area contributed by atoms with Gasteiger partial charge >= 0.3 is 0 Å². The zero-order chi connectivity index (χ0) is 25.1. The summed E-state index contributed by atoms with van der Waals surface area (Å²) in [5.74, 6) is -0.373. The van der Waals surface area contributed by atoms with Crippen LogP contribution in [-0.4, -0.2) is 58.6 Å². The number of rotatable bonds is 9. The highest BCUT2D eigenvalue weighted by atomic mass is 32.2. The topological polar surface area (TPSA) is 34.4 Å². The number of piperidine rings is 1. The van der Waals surface area contributed by atoms with Gasteiger partial charge in [0.1, 0.15) is 11.5 Å². The van der Waals surface area contributed by atoms with Crippen molar-refractivity contribution in [2.24, 2.45) is 10.2 Å². The van der Waals surface area contributed by atoms with Gasteiger partial charge in [-0.15, -0.1) is 0 Å². The lowest BCUT2D eigenvalue weighted by Gasteiger charge is -2.46. The number of anilines is 1. The predicted octanol–water partition coefficient (Wildman–Crippen LogP) is 6.79. The number of benzene rings is 2. The first-order chi connectivity index (χ1) is 17.5. The van der Waals surface area contributed by atoms with E-state index >= 15 is 4.39 Å². The summed E-state index contributed by atoms with van der Waals surface area (Å²) in [7, 11) is 0. The number of para-hydroxylation sites is 1. The molecule has 37 heavy (non-hydrogen) atoms. The fourth-order valence-electron chi connectivity index (χ4n) is 5.21. The van der Waals surface area contributed by atoms with Crippen molar-refractivity contribution in [1.82, 2.24) is 9.31 Å². The second-order valence-corrected chi connectivity index (χ2v) is 10.4. The molecule has 0 amide bonds. The number of halogens is 3. The first-order valence-corrected chi connectivity index (χ1v) is 13.8. The predicted molar refractivity (Wildman–Crippen MR) is 148 cm³/mol. The second-order valence-electron chi connectivity index (χ2n) is 9.65. The van der Waals surface area contributed by atoms with Crippen molar-refractivity contribution in [3.63, 3.8) is 0 Å². The van der Waals surface area contributed by atoms with Crippen LogP contribution in [0.4, 0.5) is 18.9 Å². The Morgan fingerprint density at radius 2 is 1.76 bits per heavy atom. The van der Waals surface area contributed by atoms with E-state index in [4.69, 9.17) is 0 Å². The van der Waals surface area contributed by atoms with Gasteiger partial charge in [0.25, 0.3) is 6.43 Å². The lowest BCUT2D eigenvalue weighted by atomic mass is 9.89. The molecule has 200 valence electrons. The van der Waals surface area contributed by atoms with Crippen molar-refractivity contribution < 1.29 is 13.2 Å². The van der Waals surface area contributed by atoms with Gasteiger partial charge in [0.15, 0.2) is 0 Å². The Labute approximate surface area is 222 Å². The van der Waals surface area contributed by atoms with Crippen LogP contribution in [0.3, 0.4) is 0 Å². The van der Waals surface area contributed by atoms with Gasteiger partial charge in [-0.3, -0.25) is 5.01 Å². The molecule has 0 unspecified atom stereocenters. The second kappa shape index (κ2) is 12.5. The molecule has 3 aliphatic rings. The van der Waals surface area contributed by atoms with Crippen LogP contribution in [0.15, 0.2) is 58.7 Å². The zero-order valence-electron chi connectivity index (χ0n) is 20.5. The van der Waals surface area contributed by atoms with Crippen LogP contribution in [0.1, 0.15) is 57.1 Å². The van der Waals surface area contributed by atoms with Crippen LogP contribution in [0.5, 0.6) is 0 Å². The molecule has 0 atom stereocenters. The molecular weight excluding hydrogens is 495 g/mol. The lowest BCUT2D eigenvalue weighted by Crippen LogP contribution is -2.52. The summed E-state index contributed by atoms with van der Waals surface area (Å²) in [5.41, 5.74) is 2.14. The van der Waals surface area contributed by atoms with E-state index in [1.807, 2.05) is 18.2 Å². The smallest absolute Gasteiger partial charge is 0.278 e. The van der Waals surface area contributed by atoms with Crippen LogP contribution in [0.25, 0.3) is 0 Å². The van der Waals surface area contributed by atoms with E-state index < -0.39 is 6.43 Å². The molecule has 5 rings (SSSR count). The van der Waals surface area contributed by atoms with Crippen molar-refractivity contribution >= 4 is 29.1 Å². The summed E-state index contributed by atoms with van der Waals surface area (Å²) in [6.45, 7) is 2.57. The average molecular weight is 532 g/mol. The van der Waals surface area contributed by atoms with Gasteiger partial charge < -0.3 is 4.90 Å². The number of hydrogen-bond acceptors (Lipinski definition) is 6. The van der Waals surface area contributed by atoms with Gasteiger partial charge in [0.2, 0.25) is 0 Å². The van der Waals surface area contributed by atoms with E-state index in [1.165, 1.54) is 25.3 Å². The third kappa shape index (κ3) is 6.21. The maximum atomic E-state index is 15.3. The quantitative estimate of drug-likeness (QED) is 0.263. The third-order valence-electron chi connectivity index (χ3n) is 7.49. The van der Waals surface area contributed by atoms with E-state index in [0.717, 1.165) is 37.7 Å². The molecule has 0 bridgehead atoms. The molecule has 2 aromatic carbocycles.